The fraction of sp³-hybridized carbons (Fsp3) is 0.444. The molecule has 0 aliphatic rings. The van der Waals surface area contributed by atoms with Crippen molar-refractivity contribution in [2.45, 2.75) is 27.2 Å². The molecule has 0 aliphatic carbocycles. The minimum absolute atomic E-state index is 1.02. The molecular formula is C9H15N. The van der Waals surface area contributed by atoms with Crippen LogP contribution in [-0.4, -0.2) is 5.71 Å². The van der Waals surface area contributed by atoms with Gasteiger partial charge in [-0.3, -0.25) is 4.99 Å². The summed E-state index contributed by atoms with van der Waals surface area (Å²) in [5.41, 5.74) is 2.19. The SMILES string of the molecule is C=C/C=C(/C)N=C(C)CC. The number of hydrogen-bond donors (Lipinski definition) is 0. The van der Waals surface area contributed by atoms with Crippen LogP contribution in [-0.2, 0) is 0 Å². The average molecular weight is 137 g/mol. The smallest absolute Gasteiger partial charge is 0.0371 e. The number of rotatable bonds is 3. The van der Waals surface area contributed by atoms with E-state index < -0.39 is 0 Å². The van der Waals surface area contributed by atoms with Gasteiger partial charge in [0.25, 0.3) is 0 Å². The fourth-order valence-electron chi connectivity index (χ4n) is 0.588. The van der Waals surface area contributed by atoms with E-state index in [2.05, 4.69) is 18.5 Å². The topological polar surface area (TPSA) is 12.4 Å². The Morgan fingerprint density at radius 2 is 2.10 bits per heavy atom. The first kappa shape index (κ1) is 9.15. The van der Waals surface area contributed by atoms with Crippen LogP contribution in [0.1, 0.15) is 27.2 Å². The van der Waals surface area contributed by atoms with E-state index in [4.69, 9.17) is 0 Å². The number of hydrogen-bond acceptors (Lipinski definition) is 1. The lowest BCUT2D eigenvalue weighted by molar-refractivity contribution is 1.20. The van der Waals surface area contributed by atoms with E-state index in [9.17, 15) is 0 Å². The molecule has 0 atom stereocenters. The van der Waals surface area contributed by atoms with Gasteiger partial charge in [0.05, 0.1) is 0 Å². The number of allylic oxidation sites excluding steroid dienone is 3. The van der Waals surface area contributed by atoms with Crippen LogP contribution in [0.15, 0.2) is 29.4 Å². The van der Waals surface area contributed by atoms with Gasteiger partial charge in [0, 0.05) is 11.4 Å². The van der Waals surface area contributed by atoms with Gasteiger partial charge in [-0.2, -0.15) is 0 Å². The van der Waals surface area contributed by atoms with Crippen LogP contribution in [0, 0.1) is 0 Å². The van der Waals surface area contributed by atoms with Crippen molar-refractivity contribution < 1.29 is 0 Å². The van der Waals surface area contributed by atoms with Crippen LogP contribution in [0.5, 0.6) is 0 Å². The van der Waals surface area contributed by atoms with E-state index in [-0.39, 0.29) is 0 Å². The van der Waals surface area contributed by atoms with Crippen LogP contribution >= 0.6 is 0 Å². The molecule has 0 bridgehead atoms. The van der Waals surface area contributed by atoms with Crippen LogP contribution in [0.2, 0.25) is 0 Å². The van der Waals surface area contributed by atoms with Gasteiger partial charge in [0.1, 0.15) is 0 Å². The van der Waals surface area contributed by atoms with Crippen molar-refractivity contribution in [2.24, 2.45) is 4.99 Å². The van der Waals surface area contributed by atoms with Crippen molar-refractivity contribution in [1.82, 2.24) is 0 Å². The molecule has 0 aromatic rings. The van der Waals surface area contributed by atoms with Crippen molar-refractivity contribution in [3.05, 3.63) is 24.4 Å². The normalized spacial score (nSPS) is 13.5. The Morgan fingerprint density at radius 3 is 2.50 bits per heavy atom. The van der Waals surface area contributed by atoms with Crippen molar-refractivity contribution >= 4 is 5.71 Å². The van der Waals surface area contributed by atoms with Crippen molar-refractivity contribution in [1.29, 1.82) is 0 Å². The van der Waals surface area contributed by atoms with Crippen LogP contribution < -0.4 is 0 Å². The van der Waals surface area contributed by atoms with Crippen molar-refractivity contribution in [3.8, 4) is 0 Å². The van der Waals surface area contributed by atoms with Gasteiger partial charge in [0.2, 0.25) is 0 Å². The van der Waals surface area contributed by atoms with Gasteiger partial charge < -0.3 is 0 Å². The van der Waals surface area contributed by atoms with Gasteiger partial charge in [-0.15, -0.1) is 0 Å². The third-order valence-electron chi connectivity index (χ3n) is 1.24. The second kappa shape index (κ2) is 4.98. The third-order valence-corrected chi connectivity index (χ3v) is 1.24. The largest absolute Gasteiger partial charge is 0.263 e. The van der Waals surface area contributed by atoms with E-state index >= 15 is 0 Å². The molecule has 0 saturated carbocycles. The molecular weight excluding hydrogens is 122 g/mol. The lowest BCUT2D eigenvalue weighted by atomic mass is 10.3. The average Bonchev–Trinajstić information content (AvgIpc) is 1.88. The first-order valence-corrected chi connectivity index (χ1v) is 3.54. The highest BCUT2D eigenvalue weighted by molar-refractivity contribution is 5.82. The molecule has 0 radical (unpaired) electrons. The second-order valence-corrected chi connectivity index (χ2v) is 2.24. The summed E-state index contributed by atoms with van der Waals surface area (Å²) in [6.45, 7) is 9.69. The summed E-state index contributed by atoms with van der Waals surface area (Å²) in [4.78, 5) is 4.29. The summed E-state index contributed by atoms with van der Waals surface area (Å²) < 4.78 is 0. The summed E-state index contributed by atoms with van der Waals surface area (Å²) >= 11 is 0. The van der Waals surface area contributed by atoms with Crippen LogP contribution in [0.25, 0.3) is 0 Å². The fourth-order valence-corrected chi connectivity index (χ4v) is 0.588. The van der Waals surface area contributed by atoms with Gasteiger partial charge in [-0.25, -0.2) is 0 Å². The van der Waals surface area contributed by atoms with Gasteiger partial charge in [0.15, 0.2) is 0 Å². The molecule has 0 unspecified atom stereocenters. The molecule has 1 nitrogen and oxygen atoms in total. The Hall–Kier alpha value is -0.850. The molecule has 0 spiro atoms. The lowest BCUT2D eigenvalue weighted by Gasteiger charge is -1.93. The highest BCUT2D eigenvalue weighted by Gasteiger charge is 1.84. The molecule has 56 valence electrons. The molecule has 10 heavy (non-hydrogen) atoms. The zero-order chi connectivity index (χ0) is 7.98. The Bertz CT molecular complexity index is 164. The molecule has 0 rings (SSSR count). The third kappa shape index (κ3) is 4.07. The minimum atomic E-state index is 1.02. The number of aliphatic imine (C=N–C) groups is 1. The van der Waals surface area contributed by atoms with Gasteiger partial charge >= 0.3 is 0 Å². The standard InChI is InChI=1S/C9H15N/c1-5-7-9(4)10-8(3)6-2/h5,7H,1,6H2,2-4H3/b9-7-,10-8?. The summed E-state index contributed by atoms with van der Waals surface area (Å²) in [7, 11) is 0. The predicted molar refractivity (Wildman–Crippen MR) is 47.4 cm³/mol. The highest BCUT2D eigenvalue weighted by Crippen LogP contribution is 1.97. The van der Waals surface area contributed by atoms with Crippen molar-refractivity contribution in [2.75, 3.05) is 0 Å². The maximum Gasteiger partial charge on any atom is 0.0371 e. The Morgan fingerprint density at radius 1 is 1.50 bits per heavy atom. The quantitative estimate of drug-likeness (QED) is 0.419. The summed E-state index contributed by atoms with van der Waals surface area (Å²) in [5.74, 6) is 0. The Kier molecular flexibility index (Phi) is 4.55. The molecule has 0 heterocycles. The number of nitrogens with zero attached hydrogens (tertiary/aromatic N) is 1. The van der Waals surface area contributed by atoms with Gasteiger partial charge in [-0.1, -0.05) is 19.6 Å². The molecule has 0 N–H and O–H groups in total. The molecule has 1 heteroatoms. The van der Waals surface area contributed by atoms with Crippen LogP contribution in [0.3, 0.4) is 0 Å². The summed E-state index contributed by atoms with van der Waals surface area (Å²) in [5, 5.41) is 0. The second-order valence-electron chi connectivity index (χ2n) is 2.24. The maximum absolute atomic E-state index is 4.29. The highest BCUT2D eigenvalue weighted by atomic mass is 14.7. The predicted octanol–water partition coefficient (Wildman–Crippen LogP) is 2.95. The molecule has 0 saturated heterocycles. The first-order valence-electron chi connectivity index (χ1n) is 3.54. The lowest BCUT2D eigenvalue weighted by Crippen LogP contribution is -1.86. The zero-order valence-electron chi connectivity index (χ0n) is 7.02. The molecule has 0 aromatic carbocycles. The van der Waals surface area contributed by atoms with E-state index in [0.717, 1.165) is 17.8 Å². The van der Waals surface area contributed by atoms with Gasteiger partial charge in [-0.05, 0) is 26.3 Å². The van der Waals surface area contributed by atoms with E-state index in [1.807, 2.05) is 19.9 Å². The summed E-state index contributed by atoms with van der Waals surface area (Å²) in [6, 6.07) is 0. The van der Waals surface area contributed by atoms with Crippen molar-refractivity contribution in [3.63, 3.8) is 0 Å². The maximum atomic E-state index is 4.29. The zero-order valence-corrected chi connectivity index (χ0v) is 7.02. The minimum Gasteiger partial charge on any atom is -0.263 e. The Labute approximate surface area is 63.2 Å². The Balaban J connectivity index is 4.11. The first-order chi connectivity index (χ1) is 4.70. The van der Waals surface area contributed by atoms with E-state index in [0.29, 0.717) is 0 Å². The molecule has 0 amide bonds. The monoisotopic (exact) mass is 137 g/mol. The van der Waals surface area contributed by atoms with E-state index in [1.54, 1.807) is 6.08 Å². The molecule has 0 fully saturated rings. The molecule has 0 aromatic heterocycles. The summed E-state index contributed by atoms with van der Waals surface area (Å²) in [6.07, 6.45) is 4.67. The molecule has 0 aliphatic heterocycles. The van der Waals surface area contributed by atoms with E-state index in [1.165, 1.54) is 0 Å². The van der Waals surface area contributed by atoms with Crippen LogP contribution in [0.4, 0.5) is 0 Å².